The quantitative estimate of drug-likeness (QED) is 0.742. The van der Waals surface area contributed by atoms with Gasteiger partial charge in [0.2, 0.25) is 0 Å². The molecule has 1 amide bonds. The van der Waals surface area contributed by atoms with Crippen molar-refractivity contribution in [2.75, 3.05) is 25.5 Å². The Morgan fingerprint density at radius 1 is 1.18 bits per heavy atom. The van der Waals surface area contributed by atoms with E-state index in [0.717, 1.165) is 41.7 Å². The number of fused-ring (bicyclic) bond motifs is 1. The maximum atomic E-state index is 13.2. The van der Waals surface area contributed by atoms with Gasteiger partial charge in [0, 0.05) is 43.3 Å². The highest BCUT2D eigenvalue weighted by atomic mass is 19.1. The Labute approximate surface area is 163 Å². The minimum atomic E-state index is -0.251. The average Bonchev–Trinajstić information content (AvgIpc) is 3.05. The van der Waals surface area contributed by atoms with Gasteiger partial charge in [-0.2, -0.15) is 0 Å². The van der Waals surface area contributed by atoms with Crippen molar-refractivity contribution in [2.24, 2.45) is 7.05 Å². The van der Waals surface area contributed by atoms with E-state index in [1.165, 1.54) is 12.1 Å². The zero-order valence-electron chi connectivity index (χ0n) is 16.1. The van der Waals surface area contributed by atoms with Crippen LogP contribution in [-0.2, 0) is 7.05 Å². The third-order valence-electron chi connectivity index (χ3n) is 5.40. The normalized spacial score (nSPS) is 17.0. The Bertz CT molecular complexity index is 997. The van der Waals surface area contributed by atoms with Crippen LogP contribution < -0.4 is 10.1 Å². The minimum Gasteiger partial charge on any atom is -0.497 e. The second-order valence-corrected chi connectivity index (χ2v) is 7.25. The summed E-state index contributed by atoms with van der Waals surface area (Å²) in [6.45, 7) is 1.37. The van der Waals surface area contributed by atoms with Gasteiger partial charge in [0.05, 0.1) is 12.6 Å². The van der Waals surface area contributed by atoms with Gasteiger partial charge in [0.25, 0.3) is 5.91 Å². The summed E-state index contributed by atoms with van der Waals surface area (Å²) in [5.74, 6) is 0.552. The molecule has 1 saturated heterocycles. The summed E-state index contributed by atoms with van der Waals surface area (Å²) in [4.78, 5) is 15.1. The summed E-state index contributed by atoms with van der Waals surface area (Å²) in [5.41, 5.74) is 2.52. The zero-order valence-corrected chi connectivity index (χ0v) is 16.1. The van der Waals surface area contributed by atoms with Crippen LogP contribution in [0.15, 0.2) is 48.5 Å². The lowest BCUT2D eigenvalue weighted by molar-refractivity contribution is 0.0705. The number of nitrogens with one attached hydrogen (secondary N) is 1. The predicted octanol–water partition coefficient (Wildman–Crippen LogP) is 4.04. The van der Waals surface area contributed by atoms with E-state index in [4.69, 9.17) is 4.74 Å². The first-order valence-corrected chi connectivity index (χ1v) is 9.50. The van der Waals surface area contributed by atoms with E-state index >= 15 is 0 Å². The van der Waals surface area contributed by atoms with E-state index in [9.17, 15) is 9.18 Å². The summed E-state index contributed by atoms with van der Waals surface area (Å²) < 4.78 is 20.3. The fourth-order valence-corrected chi connectivity index (χ4v) is 3.87. The second kappa shape index (κ2) is 7.54. The highest BCUT2D eigenvalue weighted by Gasteiger charge is 2.26. The number of methoxy groups -OCH3 is 1. The van der Waals surface area contributed by atoms with Crippen molar-refractivity contribution in [3.05, 3.63) is 60.0 Å². The van der Waals surface area contributed by atoms with Gasteiger partial charge in [0.1, 0.15) is 17.3 Å². The van der Waals surface area contributed by atoms with Crippen molar-refractivity contribution < 1.29 is 13.9 Å². The predicted molar refractivity (Wildman–Crippen MR) is 108 cm³/mol. The molecule has 28 heavy (non-hydrogen) atoms. The molecule has 1 aromatic heterocycles. The summed E-state index contributed by atoms with van der Waals surface area (Å²) in [5, 5.41) is 4.43. The van der Waals surface area contributed by atoms with E-state index in [1.54, 1.807) is 19.2 Å². The molecule has 6 heteroatoms. The lowest BCUT2D eigenvalue weighted by atomic mass is 10.0. The standard InChI is InChI=1S/C22H24FN3O2/c1-25-20-13-19(28-2)10-5-15(20)12-21(25)22(27)26-11-3-4-18(14-26)24-17-8-6-16(23)7-9-17/h5-10,12-13,18,24H,3-4,11,14H2,1-2H3. The molecule has 0 spiro atoms. The largest absolute Gasteiger partial charge is 0.497 e. The molecule has 3 aromatic rings. The minimum absolute atomic E-state index is 0.0308. The van der Waals surface area contributed by atoms with Crippen LogP contribution >= 0.6 is 0 Å². The van der Waals surface area contributed by atoms with Crippen LogP contribution in [0.3, 0.4) is 0 Å². The number of hydrogen-bond acceptors (Lipinski definition) is 3. The number of amides is 1. The average molecular weight is 381 g/mol. The first kappa shape index (κ1) is 18.3. The molecule has 1 fully saturated rings. The molecule has 4 rings (SSSR count). The van der Waals surface area contributed by atoms with E-state index in [0.29, 0.717) is 12.2 Å². The molecular weight excluding hydrogens is 357 g/mol. The maximum Gasteiger partial charge on any atom is 0.270 e. The summed E-state index contributed by atoms with van der Waals surface area (Å²) >= 11 is 0. The molecule has 1 atom stereocenters. The fourth-order valence-electron chi connectivity index (χ4n) is 3.87. The Kier molecular flexibility index (Phi) is 4.94. The van der Waals surface area contributed by atoms with Crippen LogP contribution in [0.4, 0.5) is 10.1 Å². The lowest BCUT2D eigenvalue weighted by Gasteiger charge is -2.33. The number of hydrogen-bond donors (Lipinski definition) is 1. The van der Waals surface area contributed by atoms with Crippen LogP contribution in [0.1, 0.15) is 23.3 Å². The SMILES string of the molecule is COc1ccc2cc(C(=O)N3CCCC(Nc4ccc(F)cc4)C3)n(C)c2c1. The molecule has 0 radical (unpaired) electrons. The number of ether oxygens (including phenoxy) is 1. The highest BCUT2D eigenvalue weighted by molar-refractivity contribution is 5.99. The third kappa shape index (κ3) is 3.54. The number of piperidine rings is 1. The molecule has 1 aliphatic heterocycles. The molecule has 0 aliphatic carbocycles. The van der Waals surface area contributed by atoms with Gasteiger partial charge in [-0.25, -0.2) is 4.39 Å². The Morgan fingerprint density at radius 3 is 2.71 bits per heavy atom. The number of benzene rings is 2. The third-order valence-corrected chi connectivity index (χ3v) is 5.40. The van der Waals surface area contributed by atoms with Gasteiger partial charge in [-0.15, -0.1) is 0 Å². The van der Waals surface area contributed by atoms with Gasteiger partial charge in [-0.05, 0) is 55.3 Å². The monoisotopic (exact) mass is 381 g/mol. The first-order chi connectivity index (χ1) is 13.5. The summed E-state index contributed by atoms with van der Waals surface area (Å²) in [6.07, 6.45) is 1.91. The van der Waals surface area contributed by atoms with Crippen LogP contribution in [0.2, 0.25) is 0 Å². The summed E-state index contributed by atoms with van der Waals surface area (Å²) in [7, 11) is 3.55. The van der Waals surface area contributed by atoms with Gasteiger partial charge in [-0.1, -0.05) is 0 Å². The van der Waals surface area contributed by atoms with Crippen molar-refractivity contribution in [3.63, 3.8) is 0 Å². The van der Waals surface area contributed by atoms with Crippen molar-refractivity contribution in [2.45, 2.75) is 18.9 Å². The first-order valence-electron chi connectivity index (χ1n) is 9.50. The van der Waals surface area contributed by atoms with Crippen LogP contribution in [-0.4, -0.2) is 41.6 Å². The van der Waals surface area contributed by atoms with E-state index in [-0.39, 0.29) is 17.8 Å². The van der Waals surface area contributed by atoms with E-state index < -0.39 is 0 Å². The Morgan fingerprint density at radius 2 is 1.96 bits per heavy atom. The number of aryl methyl sites for hydroxylation is 1. The number of anilines is 1. The van der Waals surface area contributed by atoms with E-state index in [1.807, 2.05) is 40.8 Å². The number of rotatable bonds is 4. The lowest BCUT2D eigenvalue weighted by Crippen LogP contribution is -2.45. The van der Waals surface area contributed by atoms with Gasteiger partial charge < -0.3 is 19.5 Å². The van der Waals surface area contributed by atoms with Crippen LogP contribution in [0.5, 0.6) is 5.75 Å². The van der Waals surface area contributed by atoms with E-state index in [2.05, 4.69) is 5.32 Å². The number of carbonyl (C=O) groups is 1. The smallest absolute Gasteiger partial charge is 0.270 e. The molecule has 1 aliphatic rings. The zero-order chi connectivity index (χ0) is 19.7. The van der Waals surface area contributed by atoms with Gasteiger partial charge in [-0.3, -0.25) is 4.79 Å². The van der Waals surface area contributed by atoms with Crippen LogP contribution in [0, 0.1) is 5.82 Å². The number of likely N-dealkylation sites (tertiary alicyclic amines) is 1. The van der Waals surface area contributed by atoms with Crippen molar-refractivity contribution in [1.82, 2.24) is 9.47 Å². The Hall–Kier alpha value is -3.02. The molecule has 5 nitrogen and oxygen atoms in total. The molecule has 0 saturated carbocycles. The Balaban J connectivity index is 1.52. The van der Waals surface area contributed by atoms with Crippen LogP contribution in [0.25, 0.3) is 10.9 Å². The number of aromatic nitrogens is 1. The maximum absolute atomic E-state index is 13.2. The topological polar surface area (TPSA) is 46.5 Å². The molecule has 1 unspecified atom stereocenters. The number of halogens is 1. The molecule has 2 heterocycles. The summed E-state index contributed by atoms with van der Waals surface area (Å²) in [6, 6.07) is 14.3. The second-order valence-electron chi connectivity index (χ2n) is 7.25. The molecule has 0 bridgehead atoms. The number of carbonyl (C=O) groups excluding carboxylic acids is 1. The van der Waals surface area contributed by atoms with Crippen molar-refractivity contribution >= 4 is 22.5 Å². The van der Waals surface area contributed by atoms with Crippen molar-refractivity contribution in [1.29, 1.82) is 0 Å². The fraction of sp³-hybridized carbons (Fsp3) is 0.318. The molecular formula is C22H24FN3O2. The van der Waals surface area contributed by atoms with Crippen molar-refractivity contribution in [3.8, 4) is 5.75 Å². The molecule has 2 aromatic carbocycles. The van der Waals surface area contributed by atoms with Gasteiger partial charge >= 0.3 is 0 Å². The van der Waals surface area contributed by atoms with Gasteiger partial charge in [0.15, 0.2) is 0 Å². The number of nitrogens with zero attached hydrogens (tertiary/aromatic N) is 2. The molecule has 146 valence electrons. The molecule has 1 N–H and O–H groups in total. The highest BCUT2D eigenvalue weighted by Crippen LogP contribution is 2.25.